The van der Waals surface area contributed by atoms with Gasteiger partial charge in [-0.2, -0.15) is 0 Å². The third kappa shape index (κ3) is 3.20. The molecule has 1 aromatic heterocycles. The molecule has 0 saturated carbocycles. The monoisotopic (exact) mass is 338 g/mol. The van der Waals surface area contributed by atoms with Crippen molar-refractivity contribution in [2.75, 3.05) is 26.9 Å². The van der Waals surface area contributed by atoms with Crippen LogP contribution in [-0.2, 0) is 21.5 Å². The highest BCUT2D eigenvalue weighted by molar-refractivity contribution is 6.32. The number of para-hydroxylation sites is 1. The van der Waals surface area contributed by atoms with E-state index >= 15 is 0 Å². The molecular weight excluding hydrogens is 320 g/mol. The van der Waals surface area contributed by atoms with Crippen LogP contribution in [0.4, 0.5) is 0 Å². The molecule has 1 aliphatic rings. The van der Waals surface area contributed by atoms with Gasteiger partial charge in [-0.25, -0.2) is 0 Å². The van der Waals surface area contributed by atoms with Crippen molar-refractivity contribution in [2.45, 2.75) is 25.4 Å². The van der Waals surface area contributed by atoms with E-state index in [9.17, 15) is 0 Å². The Hall–Kier alpha value is -1.63. The predicted molar refractivity (Wildman–Crippen MR) is 83.8 cm³/mol. The molecule has 3 rings (SSSR count). The van der Waals surface area contributed by atoms with E-state index in [1.165, 1.54) is 0 Å². The summed E-state index contributed by atoms with van der Waals surface area (Å²) in [5, 5.41) is 8.84. The minimum absolute atomic E-state index is 0.423. The van der Waals surface area contributed by atoms with Crippen LogP contribution in [0, 0.1) is 0 Å². The zero-order chi connectivity index (χ0) is 16.3. The molecule has 0 amide bonds. The molecular formula is C16H19ClN2O4. The second-order valence-corrected chi connectivity index (χ2v) is 5.75. The Morgan fingerprint density at radius 1 is 1.35 bits per heavy atom. The highest BCUT2D eigenvalue weighted by Crippen LogP contribution is 2.34. The molecule has 7 heteroatoms. The van der Waals surface area contributed by atoms with Crippen molar-refractivity contribution in [1.29, 1.82) is 0 Å². The lowest BCUT2D eigenvalue weighted by molar-refractivity contribution is -0.0416. The van der Waals surface area contributed by atoms with Crippen molar-refractivity contribution in [2.24, 2.45) is 0 Å². The summed E-state index contributed by atoms with van der Waals surface area (Å²) in [6.07, 6.45) is 1.15. The van der Waals surface area contributed by atoms with Crippen LogP contribution in [0.3, 0.4) is 0 Å². The van der Waals surface area contributed by atoms with E-state index < -0.39 is 5.60 Å². The number of hydrogen-bond acceptors (Lipinski definition) is 6. The maximum Gasteiger partial charge on any atom is 0.250 e. The summed E-state index contributed by atoms with van der Waals surface area (Å²) < 4.78 is 22.4. The summed E-state index contributed by atoms with van der Waals surface area (Å²) in [5.74, 6) is 1.60. The number of halogens is 1. The molecule has 23 heavy (non-hydrogen) atoms. The molecule has 1 fully saturated rings. The van der Waals surface area contributed by atoms with Crippen molar-refractivity contribution in [3.8, 4) is 5.75 Å². The Balaban J connectivity index is 1.84. The van der Waals surface area contributed by atoms with Gasteiger partial charge in [0.1, 0.15) is 5.75 Å². The van der Waals surface area contributed by atoms with E-state index in [0.29, 0.717) is 55.2 Å². The first-order valence-electron chi connectivity index (χ1n) is 7.54. The van der Waals surface area contributed by atoms with Gasteiger partial charge in [0.05, 0.1) is 31.3 Å². The van der Waals surface area contributed by atoms with Gasteiger partial charge in [-0.15, -0.1) is 10.2 Å². The van der Waals surface area contributed by atoms with Crippen molar-refractivity contribution < 1.29 is 18.6 Å². The molecule has 1 atom stereocenters. The van der Waals surface area contributed by atoms with Gasteiger partial charge >= 0.3 is 0 Å². The molecule has 1 unspecified atom stereocenters. The molecule has 1 aliphatic heterocycles. The quantitative estimate of drug-likeness (QED) is 0.806. The Morgan fingerprint density at radius 3 is 2.91 bits per heavy atom. The van der Waals surface area contributed by atoms with E-state index in [1.807, 2.05) is 19.1 Å². The molecule has 0 spiro atoms. The molecule has 1 aromatic carbocycles. The van der Waals surface area contributed by atoms with Crippen LogP contribution in [0.1, 0.15) is 30.7 Å². The Labute approximate surface area is 139 Å². The van der Waals surface area contributed by atoms with Gasteiger partial charge in [-0.05, 0) is 13.0 Å². The standard InChI is InChI=1S/C16H19ClN2O4/c1-3-22-14-11(5-4-6-12(14)17)9-13-18-19-15(23-13)16(20-2)7-8-21-10-16/h4-6H,3,7-10H2,1-2H3. The van der Waals surface area contributed by atoms with Gasteiger partial charge < -0.3 is 18.6 Å². The molecule has 0 aliphatic carbocycles. The lowest BCUT2D eigenvalue weighted by atomic mass is 10.0. The smallest absolute Gasteiger partial charge is 0.250 e. The van der Waals surface area contributed by atoms with Crippen LogP contribution in [0.15, 0.2) is 22.6 Å². The average Bonchev–Trinajstić information content (AvgIpc) is 3.20. The van der Waals surface area contributed by atoms with E-state index in [2.05, 4.69) is 10.2 Å². The predicted octanol–water partition coefficient (Wildman–Crippen LogP) is 2.97. The summed E-state index contributed by atoms with van der Waals surface area (Å²) in [4.78, 5) is 0. The summed E-state index contributed by atoms with van der Waals surface area (Å²) >= 11 is 6.20. The number of hydrogen-bond donors (Lipinski definition) is 0. The topological polar surface area (TPSA) is 66.6 Å². The van der Waals surface area contributed by atoms with Gasteiger partial charge in [0.15, 0.2) is 5.60 Å². The lowest BCUT2D eigenvalue weighted by Crippen LogP contribution is -2.29. The second kappa shape index (κ2) is 6.86. The highest BCUT2D eigenvalue weighted by Gasteiger charge is 2.42. The minimum Gasteiger partial charge on any atom is -0.492 e. The molecule has 2 aromatic rings. The van der Waals surface area contributed by atoms with Gasteiger partial charge in [0.2, 0.25) is 5.89 Å². The van der Waals surface area contributed by atoms with Crippen LogP contribution < -0.4 is 4.74 Å². The zero-order valence-corrected chi connectivity index (χ0v) is 13.9. The van der Waals surface area contributed by atoms with Crippen LogP contribution >= 0.6 is 11.6 Å². The molecule has 0 N–H and O–H groups in total. The largest absolute Gasteiger partial charge is 0.492 e. The van der Waals surface area contributed by atoms with E-state index in [-0.39, 0.29) is 0 Å². The molecule has 6 nitrogen and oxygen atoms in total. The lowest BCUT2D eigenvalue weighted by Gasteiger charge is -2.20. The van der Waals surface area contributed by atoms with Crippen LogP contribution in [0.5, 0.6) is 5.75 Å². The number of rotatable bonds is 6. The normalized spacial score (nSPS) is 20.8. The number of benzene rings is 1. The van der Waals surface area contributed by atoms with Crippen LogP contribution in [0.2, 0.25) is 5.02 Å². The number of nitrogens with zero attached hydrogens (tertiary/aromatic N) is 2. The first kappa shape index (κ1) is 16.2. The fourth-order valence-electron chi connectivity index (χ4n) is 2.63. The fourth-order valence-corrected chi connectivity index (χ4v) is 2.88. The summed E-state index contributed by atoms with van der Waals surface area (Å²) in [6.45, 7) is 3.50. The van der Waals surface area contributed by atoms with Crippen LogP contribution in [0.25, 0.3) is 0 Å². The number of aromatic nitrogens is 2. The van der Waals surface area contributed by atoms with Gasteiger partial charge in [-0.3, -0.25) is 0 Å². The molecule has 1 saturated heterocycles. The van der Waals surface area contributed by atoms with Gasteiger partial charge in [-0.1, -0.05) is 23.7 Å². The first-order valence-corrected chi connectivity index (χ1v) is 7.92. The van der Waals surface area contributed by atoms with Gasteiger partial charge in [0, 0.05) is 19.1 Å². The van der Waals surface area contributed by atoms with Gasteiger partial charge in [0.25, 0.3) is 5.89 Å². The third-order valence-electron chi connectivity index (χ3n) is 3.91. The Bertz CT molecular complexity index is 668. The first-order chi connectivity index (χ1) is 11.2. The maximum atomic E-state index is 6.20. The molecule has 0 radical (unpaired) electrons. The summed E-state index contributed by atoms with van der Waals surface area (Å²) in [7, 11) is 1.63. The maximum absolute atomic E-state index is 6.20. The molecule has 2 heterocycles. The number of methoxy groups -OCH3 is 1. The minimum atomic E-state index is -0.637. The van der Waals surface area contributed by atoms with Crippen LogP contribution in [-0.4, -0.2) is 37.1 Å². The van der Waals surface area contributed by atoms with Crippen molar-refractivity contribution >= 4 is 11.6 Å². The molecule has 0 bridgehead atoms. The van der Waals surface area contributed by atoms with E-state index in [1.54, 1.807) is 13.2 Å². The fraction of sp³-hybridized carbons (Fsp3) is 0.500. The zero-order valence-electron chi connectivity index (χ0n) is 13.2. The van der Waals surface area contributed by atoms with E-state index in [0.717, 1.165) is 5.56 Å². The number of ether oxygens (including phenoxy) is 3. The van der Waals surface area contributed by atoms with Crippen molar-refractivity contribution in [3.63, 3.8) is 0 Å². The molecule has 124 valence electrons. The summed E-state index contributed by atoms with van der Waals surface area (Å²) in [5.41, 5.74) is 0.270. The SMILES string of the molecule is CCOc1c(Cl)cccc1Cc1nnc(C2(OC)CCOC2)o1. The van der Waals surface area contributed by atoms with Crippen molar-refractivity contribution in [1.82, 2.24) is 10.2 Å². The van der Waals surface area contributed by atoms with Crippen molar-refractivity contribution in [3.05, 3.63) is 40.6 Å². The Kier molecular flexibility index (Phi) is 4.84. The average molecular weight is 339 g/mol. The Morgan fingerprint density at radius 2 is 2.22 bits per heavy atom. The highest BCUT2D eigenvalue weighted by atomic mass is 35.5. The second-order valence-electron chi connectivity index (χ2n) is 5.34. The van der Waals surface area contributed by atoms with E-state index in [4.69, 9.17) is 30.2 Å². The summed E-state index contributed by atoms with van der Waals surface area (Å²) in [6, 6.07) is 5.61. The third-order valence-corrected chi connectivity index (χ3v) is 4.21.